The van der Waals surface area contributed by atoms with Gasteiger partial charge in [-0.1, -0.05) is 33.1 Å². The molecule has 1 rings (SSSR count). The van der Waals surface area contributed by atoms with Crippen molar-refractivity contribution in [2.45, 2.75) is 65.3 Å². The molecule has 1 aliphatic carbocycles. The van der Waals surface area contributed by atoms with Crippen molar-refractivity contribution < 1.29 is 4.79 Å². The zero-order valence-electron chi connectivity index (χ0n) is 11.6. The molecule has 3 N–H and O–H groups in total. The van der Waals surface area contributed by atoms with Crippen molar-refractivity contribution in [1.82, 2.24) is 5.32 Å². The van der Waals surface area contributed by atoms with Crippen LogP contribution in [0.25, 0.3) is 0 Å². The summed E-state index contributed by atoms with van der Waals surface area (Å²) in [6.45, 7) is 6.65. The van der Waals surface area contributed by atoms with Crippen LogP contribution in [0.2, 0.25) is 0 Å². The second-order valence-electron chi connectivity index (χ2n) is 5.65. The fraction of sp³-hybridized carbons (Fsp3) is 0.929. The topological polar surface area (TPSA) is 55.1 Å². The zero-order valence-corrected chi connectivity index (χ0v) is 11.6. The van der Waals surface area contributed by atoms with Crippen LogP contribution in [0.4, 0.5) is 0 Å². The number of carbonyl (C=O) groups excluding carboxylic acids is 1. The van der Waals surface area contributed by atoms with Gasteiger partial charge in [0.05, 0.1) is 5.41 Å². The van der Waals surface area contributed by atoms with E-state index < -0.39 is 5.41 Å². The number of hydrogen-bond acceptors (Lipinski definition) is 2. The van der Waals surface area contributed by atoms with E-state index in [4.69, 9.17) is 5.73 Å². The number of carbonyl (C=O) groups is 1. The molecule has 3 atom stereocenters. The summed E-state index contributed by atoms with van der Waals surface area (Å²) < 4.78 is 0. The Bertz CT molecular complexity index is 249. The lowest BCUT2D eigenvalue weighted by atomic mass is 9.81. The van der Waals surface area contributed by atoms with E-state index in [9.17, 15) is 4.79 Å². The molecule has 17 heavy (non-hydrogen) atoms. The average Bonchev–Trinajstić information content (AvgIpc) is 2.38. The molecular weight excluding hydrogens is 212 g/mol. The first-order valence-electron chi connectivity index (χ1n) is 7.08. The van der Waals surface area contributed by atoms with E-state index in [0.717, 1.165) is 19.3 Å². The Balaban J connectivity index is 2.60. The predicted molar refractivity (Wildman–Crippen MR) is 71.6 cm³/mol. The second-order valence-corrected chi connectivity index (χ2v) is 5.65. The first kappa shape index (κ1) is 14.5. The van der Waals surface area contributed by atoms with Crippen molar-refractivity contribution in [2.75, 3.05) is 6.54 Å². The van der Waals surface area contributed by atoms with Gasteiger partial charge in [-0.3, -0.25) is 4.79 Å². The maximum atomic E-state index is 12.3. The summed E-state index contributed by atoms with van der Waals surface area (Å²) in [4.78, 5) is 12.3. The summed E-state index contributed by atoms with van der Waals surface area (Å²) in [7, 11) is 0. The quantitative estimate of drug-likeness (QED) is 0.775. The Hall–Kier alpha value is -0.570. The molecule has 100 valence electrons. The molecule has 0 saturated heterocycles. The van der Waals surface area contributed by atoms with E-state index in [2.05, 4.69) is 12.2 Å². The van der Waals surface area contributed by atoms with E-state index >= 15 is 0 Å². The normalized spacial score (nSPS) is 28.5. The molecule has 0 aromatic carbocycles. The summed E-state index contributed by atoms with van der Waals surface area (Å²) in [6.07, 6.45) is 6.91. The molecule has 0 aliphatic heterocycles. The Morgan fingerprint density at radius 2 is 2.00 bits per heavy atom. The molecule has 0 aromatic rings. The van der Waals surface area contributed by atoms with Gasteiger partial charge in [-0.2, -0.15) is 0 Å². The highest BCUT2D eigenvalue weighted by atomic mass is 16.2. The van der Waals surface area contributed by atoms with Crippen LogP contribution < -0.4 is 11.1 Å². The Labute approximate surface area is 106 Å². The van der Waals surface area contributed by atoms with Gasteiger partial charge in [-0.15, -0.1) is 0 Å². The van der Waals surface area contributed by atoms with Crippen LogP contribution in [0.1, 0.15) is 59.3 Å². The molecule has 3 heteroatoms. The molecular formula is C14H28N2O. The molecule has 1 fully saturated rings. The van der Waals surface area contributed by atoms with Gasteiger partial charge < -0.3 is 11.1 Å². The number of hydrogen-bond donors (Lipinski definition) is 2. The van der Waals surface area contributed by atoms with Crippen LogP contribution in [0.15, 0.2) is 0 Å². The molecule has 0 heterocycles. The smallest absolute Gasteiger partial charge is 0.227 e. The van der Waals surface area contributed by atoms with E-state index in [1.54, 1.807) is 0 Å². The minimum absolute atomic E-state index is 0.146. The second kappa shape index (κ2) is 6.39. The molecule has 1 aliphatic rings. The molecule has 0 spiro atoms. The lowest BCUT2D eigenvalue weighted by Gasteiger charge is -2.35. The minimum atomic E-state index is -0.393. The molecule has 1 saturated carbocycles. The van der Waals surface area contributed by atoms with Crippen LogP contribution in [0.5, 0.6) is 0 Å². The van der Waals surface area contributed by atoms with E-state index in [1.165, 1.54) is 19.3 Å². The summed E-state index contributed by atoms with van der Waals surface area (Å²) in [5.41, 5.74) is 5.34. The van der Waals surface area contributed by atoms with Gasteiger partial charge in [0.1, 0.15) is 0 Å². The summed E-state index contributed by atoms with van der Waals surface area (Å²) in [6, 6.07) is 0.374. The molecule has 0 aromatic heterocycles. The van der Waals surface area contributed by atoms with Gasteiger partial charge in [0.25, 0.3) is 0 Å². The van der Waals surface area contributed by atoms with Crippen molar-refractivity contribution >= 4 is 5.91 Å². The molecule has 0 bridgehead atoms. The maximum Gasteiger partial charge on any atom is 0.227 e. The summed E-state index contributed by atoms with van der Waals surface area (Å²) >= 11 is 0. The molecule has 3 nitrogen and oxygen atoms in total. The Kier molecular flexibility index (Phi) is 5.44. The third kappa shape index (κ3) is 3.44. The molecule has 3 unspecified atom stereocenters. The van der Waals surface area contributed by atoms with Gasteiger partial charge in [-0.25, -0.2) is 0 Å². The highest BCUT2D eigenvalue weighted by molar-refractivity contribution is 5.82. The van der Waals surface area contributed by atoms with E-state index in [-0.39, 0.29) is 5.91 Å². The van der Waals surface area contributed by atoms with Crippen LogP contribution in [0, 0.1) is 11.3 Å². The number of nitrogens with one attached hydrogen (secondary N) is 1. The van der Waals surface area contributed by atoms with Gasteiger partial charge in [0.2, 0.25) is 5.91 Å². The molecule has 0 radical (unpaired) electrons. The van der Waals surface area contributed by atoms with Gasteiger partial charge in [-0.05, 0) is 32.1 Å². The maximum absolute atomic E-state index is 12.3. The van der Waals surface area contributed by atoms with Crippen LogP contribution in [-0.2, 0) is 4.79 Å². The predicted octanol–water partition coefficient (Wildman–Crippen LogP) is 2.45. The SMILES string of the molecule is CCC1CCCCC1NC(=O)C(C)(CC)CN. The van der Waals surface area contributed by atoms with Crippen LogP contribution in [0.3, 0.4) is 0 Å². The fourth-order valence-electron chi connectivity index (χ4n) is 2.63. The summed E-state index contributed by atoms with van der Waals surface area (Å²) in [5.74, 6) is 0.805. The van der Waals surface area contributed by atoms with Gasteiger partial charge >= 0.3 is 0 Å². The largest absolute Gasteiger partial charge is 0.353 e. The van der Waals surface area contributed by atoms with Crippen molar-refractivity contribution in [3.05, 3.63) is 0 Å². The highest BCUT2D eigenvalue weighted by Gasteiger charge is 2.33. The van der Waals surface area contributed by atoms with Crippen molar-refractivity contribution in [1.29, 1.82) is 0 Å². The zero-order chi connectivity index (χ0) is 12.9. The first-order valence-corrected chi connectivity index (χ1v) is 7.08. The average molecular weight is 240 g/mol. The number of amides is 1. The number of rotatable bonds is 5. The van der Waals surface area contributed by atoms with Crippen molar-refractivity contribution in [2.24, 2.45) is 17.1 Å². The van der Waals surface area contributed by atoms with Gasteiger partial charge in [0.15, 0.2) is 0 Å². The highest BCUT2D eigenvalue weighted by Crippen LogP contribution is 2.28. The van der Waals surface area contributed by atoms with E-state index in [0.29, 0.717) is 18.5 Å². The standard InChI is InChI=1S/C14H28N2O/c1-4-11-8-6-7-9-12(11)16-13(17)14(3,5-2)10-15/h11-12H,4-10,15H2,1-3H3,(H,16,17). The molecule has 1 amide bonds. The van der Waals surface area contributed by atoms with Gasteiger partial charge in [0, 0.05) is 12.6 Å². The third-order valence-electron chi connectivity index (χ3n) is 4.53. The Morgan fingerprint density at radius 1 is 1.35 bits per heavy atom. The summed E-state index contributed by atoms with van der Waals surface area (Å²) in [5, 5.41) is 3.24. The number of nitrogens with two attached hydrogens (primary N) is 1. The third-order valence-corrected chi connectivity index (χ3v) is 4.53. The van der Waals surface area contributed by atoms with Crippen molar-refractivity contribution in [3.8, 4) is 0 Å². The first-order chi connectivity index (χ1) is 8.07. The lowest BCUT2D eigenvalue weighted by Crippen LogP contribution is -2.50. The van der Waals surface area contributed by atoms with Crippen molar-refractivity contribution in [3.63, 3.8) is 0 Å². The fourth-order valence-corrected chi connectivity index (χ4v) is 2.63. The Morgan fingerprint density at radius 3 is 2.53 bits per heavy atom. The lowest BCUT2D eigenvalue weighted by molar-refractivity contribution is -0.131. The monoisotopic (exact) mass is 240 g/mol. The minimum Gasteiger partial charge on any atom is -0.353 e. The van der Waals surface area contributed by atoms with Crippen LogP contribution in [-0.4, -0.2) is 18.5 Å². The van der Waals surface area contributed by atoms with Crippen LogP contribution >= 0.6 is 0 Å². The van der Waals surface area contributed by atoms with E-state index in [1.807, 2.05) is 13.8 Å².